The highest BCUT2D eigenvalue weighted by atomic mass is 32.1. The molecule has 0 saturated heterocycles. The number of fused-ring (bicyclic) bond motifs is 12. The third kappa shape index (κ3) is 4.99. The summed E-state index contributed by atoms with van der Waals surface area (Å²) in [5.74, 6) is 0. The second-order valence-electron chi connectivity index (χ2n) is 13.6. The maximum atomic E-state index is 6.60. The lowest BCUT2D eigenvalue weighted by Gasteiger charge is -2.18. The molecule has 0 saturated carbocycles. The van der Waals surface area contributed by atoms with Gasteiger partial charge in [-0.1, -0.05) is 177 Å². The molecule has 0 spiro atoms. The maximum absolute atomic E-state index is 6.60. The Balaban J connectivity index is 1.15. The van der Waals surface area contributed by atoms with Crippen LogP contribution in [-0.2, 0) is 0 Å². The number of hydrogen-bond donors (Lipinski definition) is 0. The molecular weight excluding hydrogens is 673 g/mol. The average molecular weight is 707 g/mol. The van der Waals surface area contributed by atoms with Gasteiger partial charge in [-0.15, -0.1) is 11.3 Å². The third-order valence-corrected chi connectivity index (χ3v) is 11.8. The van der Waals surface area contributed by atoms with Gasteiger partial charge in [-0.3, -0.25) is 0 Å². The Kier molecular flexibility index (Phi) is 7.71. The van der Waals surface area contributed by atoms with E-state index in [0.717, 1.165) is 33.3 Å². The lowest BCUT2D eigenvalue weighted by atomic mass is 9.85. The molecule has 2 heteroatoms. The van der Waals surface area contributed by atoms with E-state index >= 15 is 0 Å². The largest absolute Gasteiger partial charge is 0.455 e. The second-order valence-corrected chi connectivity index (χ2v) is 14.7. The van der Waals surface area contributed by atoms with Crippen molar-refractivity contribution in [3.8, 4) is 11.1 Å². The molecule has 2 heterocycles. The van der Waals surface area contributed by atoms with E-state index in [1.807, 2.05) is 29.6 Å². The molecule has 0 aliphatic rings. The number of benzene rings is 8. The molecule has 0 amide bonds. The summed E-state index contributed by atoms with van der Waals surface area (Å²) in [5.41, 5.74) is 8.83. The summed E-state index contributed by atoms with van der Waals surface area (Å²) in [6, 6.07) is 52.2. The van der Waals surface area contributed by atoms with Crippen LogP contribution in [0.15, 0.2) is 200 Å². The zero-order valence-electron chi connectivity index (χ0n) is 29.6. The fourth-order valence-corrected chi connectivity index (χ4v) is 9.54. The molecule has 10 aromatic rings. The molecule has 0 unspecified atom stereocenters. The molecule has 2 aromatic heterocycles. The van der Waals surface area contributed by atoms with E-state index in [1.54, 1.807) is 0 Å². The smallest absolute Gasteiger partial charge is 0.153 e. The predicted octanol–water partition coefficient (Wildman–Crippen LogP) is 15.5. The topological polar surface area (TPSA) is 13.1 Å². The van der Waals surface area contributed by atoms with Crippen molar-refractivity contribution in [1.82, 2.24) is 0 Å². The number of furan rings is 1. The molecular formula is C52H34OS. The Morgan fingerprint density at radius 1 is 0.500 bits per heavy atom. The van der Waals surface area contributed by atoms with Gasteiger partial charge in [-0.2, -0.15) is 0 Å². The van der Waals surface area contributed by atoms with E-state index in [2.05, 4.69) is 177 Å². The average Bonchev–Trinajstić information content (AvgIpc) is 3.81. The van der Waals surface area contributed by atoms with Gasteiger partial charge in [0.15, 0.2) is 5.58 Å². The first-order valence-electron chi connectivity index (χ1n) is 18.2. The van der Waals surface area contributed by atoms with Gasteiger partial charge >= 0.3 is 0 Å². The lowest BCUT2D eigenvalue weighted by molar-refractivity contribution is 0.673. The van der Waals surface area contributed by atoms with Gasteiger partial charge in [0.25, 0.3) is 0 Å². The van der Waals surface area contributed by atoms with Crippen LogP contribution in [0.1, 0.15) is 11.1 Å². The molecule has 0 aliphatic heterocycles. The minimum Gasteiger partial charge on any atom is -0.455 e. The summed E-state index contributed by atoms with van der Waals surface area (Å²) < 4.78 is 9.02. The van der Waals surface area contributed by atoms with Crippen LogP contribution in [0.2, 0.25) is 0 Å². The maximum Gasteiger partial charge on any atom is 0.153 e. The van der Waals surface area contributed by atoms with Gasteiger partial charge in [0.05, 0.1) is 4.70 Å². The first-order valence-corrected chi connectivity index (χ1v) is 19.1. The molecule has 1 nitrogen and oxygen atoms in total. The van der Waals surface area contributed by atoms with E-state index in [1.165, 1.54) is 74.6 Å². The van der Waals surface area contributed by atoms with Gasteiger partial charge in [0.2, 0.25) is 0 Å². The molecule has 0 bridgehead atoms. The minimum absolute atomic E-state index is 0.920. The van der Waals surface area contributed by atoms with Crippen molar-refractivity contribution in [3.63, 3.8) is 0 Å². The van der Waals surface area contributed by atoms with Crippen LogP contribution in [0.4, 0.5) is 0 Å². The monoisotopic (exact) mass is 706 g/mol. The van der Waals surface area contributed by atoms with Crippen molar-refractivity contribution in [2.24, 2.45) is 0 Å². The summed E-state index contributed by atoms with van der Waals surface area (Å²) in [7, 11) is 0. The summed E-state index contributed by atoms with van der Waals surface area (Å²) >= 11 is 1.81. The van der Waals surface area contributed by atoms with Crippen LogP contribution in [0.25, 0.3) is 96.7 Å². The summed E-state index contributed by atoms with van der Waals surface area (Å²) in [4.78, 5) is 0. The molecule has 10 rings (SSSR count). The Bertz CT molecular complexity index is 3180. The van der Waals surface area contributed by atoms with Crippen LogP contribution in [0, 0.1) is 0 Å². The van der Waals surface area contributed by atoms with Crippen molar-refractivity contribution in [2.75, 3.05) is 0 Å². The Labute approximate surface area is 317 Å². The highest BCUT2D eigenvalue weighted by Gasteiger charge is 2.20. The first kappa shape index (κ1) is 32.0. The number of rotatable bonds is 7. The van der Waals surface area contributed by atoms with E-state index in [4.69, 9.17) is 4.42 Å². The van der Waals surface area contributed by atoms with Crippen LogP contribution in [-0.4, -0.2) is 0 Å². The van der Waals surface area contributed by atoms with Crippen molar-refractivity contribution in [2.45, 2.75) is 0 Å². The number of thiophene rings is 1. The molecule has 54 heavy (non-hydrogen) atoms. The summed E-state index contributed by atoms with van der Waals surface area (Å²) in [6.07, 6.45) is 12.4. The molecule has 0 fully saturated rings. The van der Waals surface area contributed by atoms with Gasteiger partial charge in [-0.25, -0.2) is 0 Å². The zero-order valence-corrected chi connectivity index (χ0v) is 30.4. The Morgan fingerprint density at radius 3 is 1.74 bits per heavy atom. The fraction of sp³-hybridized carbons (Fsp3) is 0. The molecule has 0 aliphatic carbocycles. The second kappa shape index (κ2) is 13.0. The van der Waals surface area contributed by atoms with E-state index < -0.39 is 0 Å². The third-order valence-electron chi connectivity index (χ3n) is 10.6. The van der Waals surface area contributed by atoms with Crippen molar-refractivity contribution in [3.05, 3.63) is 206 Å². The van der Waals surface area contributed by atoms with Crippen molar-refractivity contribution < 1.29 is 4.42 Å². The van der Waals surface area contributed by atoms with Crippen LogP contribution >= 0.6 is 11.3 Å². The standard InChI is InChI=1S/C52H34OS/c1-3-16-33(28-29-34(17-4-2)47-37-20-8-10-22-39(37)48(35-18-6-5-7-19-35)40-23-11-9-21-38(40)47)36-30-31-46-44(32-36)50-42-25-13-12-24-41(42)49-43-26-14-15-27-45(43)53-51(49)52(50)54-46/h3-32H,1-2H2/b29-28-,33-16-,34-17-. The number of para-hydroxylation sites is 1. The van der Waals surface area contributed by atoms with Gasteiger partial charge in [-0.05, 0) is 83.9 Å². The number of hydrogen-bond acceptors (Lipinski definition) is 2. The van der Waals surface area contributed by atoms with E-state index in [-0.39, 0.29) is 0 Å². The van der Waals surface area contributed by atoms with Crippen LogP contribution in [0.3, 0.4) is 0 Å². The quantitative estimate of drug-likeness (QED) is 0.119. The van der Waals surface area contributed by atoms with Gasteiger partial charge in [0, 0.05) is 26.2 Å². The minimum atomic E-state index is 0.920. The Morgan fingerprint density at radius 2 is 1.06 bits per heavy atom. The molecule has 8 aromatic carbocycles. The normalized spacial score (nSPS) is 12.7. The van der Waals surface area contributed by atoms with Gasteiger partial charge < -0.3 is 4.42 Å². The number of allylic oxidation sites excluding steroid dienone is 8. The summed E-state index contributed by atoms with van der Waals surface area (Å²) in [6.45, 7) is 8.26. The SMILES string of the molecule is C=C/C=C(/C=C\C(=C\C=C)c1c2ccccc2c(-c2ccccc2)c2ccccc12)c1ccc2sc3c4oc5ccccc5c4c4ccccc4c3c2c1. The lowest BCUT2D eigenvalue weighted by Crippen LogP contribution is -1.93. The summed E-state index contributed by atoms with van der Waals surface area (Å²) in [5, 5.41) is 12.1. The predicted molar refractivity (Wildman–Crippen MR) is 236 cm³/mol. The molecule has 0 atom stereocenters. The van der Waals surface area contributed by atoms with Crippen molar-refractivity contribution in [1.29, 1.82) is 0 Å². The molecule has 0 N–H and O–H groups in total. The first-order chi connectivity index (χ1) is 26.7. The molecule has 0 radical (unpaired) electrons. The molecule has 254 valence electrons. The zero-order chi connectivity index (χ0) is 36.2. The highest BCUT2D eigenvalue weighted by Crippen LogP contribution is 2.48. The van der Waals surface area contributed by atoms with Crippen LogP contribution in [0.5, 0.6) is 0 Å². The van der Waals surface area contributed by atoms with E-state index in [0.29, 0.717) is 0 Å². The van der Waals surface area contributed by atoms with Crippen molar-refractivity contribution >= 4 is 96.9 Å². The highest BCUT2D eigenvalue weighted by molar-refractivity contribution is 7.26. The van der Waals surface area contributed by atoms with Gasteiger partial charge in [0.1, 0.15) is 5.58 Å². The van der Waals surface area contributed by atoms with E-state index in [9.17, 15) is 0 Å². The Hall–Kier alpha value is -6.74. The fourth-order valence-electron chi connectivity index (χ4n) is 8.36. The van der Waals surface area contributed by atoms with Crippen LogP contribution < -0.4 is 0 Å².